The number of rotatable bonds is 6. The van der Waals surface area contributed by atoms with Crippen LogP contribution in [0.2, 0.25) is 0 Å². The third kappa shape index (κ3) is 4.04. The van der Waals surface area contributed by atoms with Gasteiger partial charge in [0.1, 0.15) is 11.8 Å². The minimum Gasteiger partial charge on any atom is -0.480 e. The van der Waals surface area contributed by atoms with Gasteiger partial charge in [0, 0.05) is 12.1 Å². The van der Waals surface area contributed by atoms with E-state index in [9.17, 15) is 23.1 Å². The van der Waals surface area contributed by atoms with Gasteiger partial charge in [0.15, 0.2) is 0 Å². The number of furan rings is 1. The van der Waals surface area contributed by atoms with Crippen molar-refractivity contribution >= 4 is 21.9 Å². The average molecular weight is 392 g/mol. The molecule has 1 saturated heterocycles. The Morgan fingerprint density at radius 1 is 1.33 bits per heavy atom. The number of nitrogens with one attached hydrogen (secondary N) is 1. The number of hydrogen-bond acceptors (Lipinski definition) is 5. The van der Waals surface area contributed by atoms with Gasteiger partial charge in [0.05, 0.1) is 17.7 Å². The molecular formula is C18H20N2O6S. The van der Waals surface area contributed by atoms with Crippen LogP contribution in [0.1, 0.15) is 34.5 Å². The standard InChI is InChI=1S/C18H20N2O6S/c1-12-6-7-14(27(24,25)19-11-13-4-3-9-26-13)10-15(12)17(21)20-8-2-5-16(20)18(22)23/h3-4,6-7,9-10,16,19H,2,5,8,11H2,1H3,(H,22,23). The smallest absolute Gasteiger partial charge is 0.326 e. The van der Waals surface area contributed by atoms with Gasteiger partial charge in [-0.3, -0.25) is 4.79 Å². The summed E-state index contributed by atoms with van der Waals surface area (Å²) in [6, 6.07) is 6.66. The molecule has 3 rings (SSSR count). The number of carboxylic acids is 1. The van der Waals surface area contributed by atoms with E-state index in [1.807, 2.05) is 0 Å². The average Bonchev–Trinajstić information content (AvgIpc) is 3.31. The van der Waals surface area contributed by atoms with Crippen LogP contribution in [0.3, 0.4) is 0 Å². The number of benzene rings is 1. The van der Waals surface area contributed by atoms with E-state index in [1.54, 1.807) is 25.1 Å². The monoisotopic (exact) mass is 392 g/mol. The molecule has 9 heteroatoms. The molecule has 1 unspecified atom stereocenters. The van der Waals surface area contributed by atoms with Gasteiger partial charge in [-0.15, -0.1) is 0 Å². The topological polar surface area (TPSA) is 117 Å². The second-order valence-electron chi connectivity index (χ2n) is 6.38. The molecule has 1 fully saturated rings. The Bertz CT molecular complexity index is 952. The fourth-order valence-electron chi connectivity index (χ4n) is 3.08. The van der Waals surface area contributed by atoms with Gasteiger partial charge < -0.3 is 14.4 Å². The predicted octanol–water partition coefficient (Wildman–Crippen LogP) is 1.76. The van der Waals surface area contributed by atoms with E-state index in [1.165, 1.54) is 23.3 Å². The summed E-state index contributed by atoms with van der Waals surface area (Å²) in [7, 11) is -3.86. The lowest BCUT2D eigenvalue weighted by atomic mass is 10.1. The summed E-state index contributed by atoms with van der Waals surface area (Å²) in [5.41, 5.74) is 0.769. The van der Waals surface area contributed by atoms with Crippen molar-refractivity contribution in [3.05, 3.63) is 53.5 Å². The minimum absolute atomic E-state index is 0.0142. The Morgan fingerprint density at radius 2 is 2.11 bits per heavy atom. The molecule has 1 aliphatic heterocycles. The molecule has 0 spiro atoms. The van der Waals surface area contributed by atoms with Crippen LogP contribution in [-0.4, -0.2) is 42.9 Å². The fraction of sp³-hybridized carbons (Fsp3) is 0.333. The Balaban J connectivity index is 1.85. The molecular weight excluding hydrogens is 372 g/mol. The van der Waals surface area contributed by atoms with Gasteiger partial charge in [0.2, 0.25) is 10.0 Å². The first kappa shape index (κ1) is 19.1. The maximum Gasteiger partial charge on any atom is 0.326 e. The van der Waals surface area contributed by atoms with Gasteiger partial charge in [0.25, 0.3) is 5.91 Å². The van der Waals surface area contributed by atoms with Crippen molar-refractivity contribution in [2.24, 2.45) is 0 Å². The van der Waals surface area contributed by atoms with Crippen LogP contribution in [0.5, 0.6) is 0 Å². The van der Waals surface area contributed by atoms with Crippen LogP contribution >= 0.6 is 0 Å². The van der Waals surface area contributed by atoms with Crippen molar-refractivity contribution in [1.29, 1.82) is 0 Å². The largest absolute Gasteiger partial charge is 0.480 e. The zero-order chi connectivity index (χ0) is 19.6. The van der Waals surface area contributed by atoms with Gasteiger partial charge in [-0.1, -0.05) is 6.07 Å². The van der Waals surface area contributed by atoms with Gasteiger partial charge in [-0.05, 0) is 49.6 Å². The molecule has 1 aliphatic rings. The summed E-state index contributed by atoms with van der Waals surface area (Å²) < 4.78 is 32.6. The Hall–Kier alpha value is -2.65. The first-order valence-electron chi connectivity index (χ1n) is 8.46. The van der Waals surface area contributed by atoms with Gasteiger partial charge >= 0.3 is 5.97 Å². The van der Waals surface area contributed by atoms with Crippen LogP contribution in [0.25, 0.3) is 0 Å². The highest BCUT2D eigenvalue weighted by atomic mass is 32.2. The molecule has 27 heavy (non-hydrogen) atoms. The molecule has 2 heterocycles. The molecule has 1 atom stereocenters. The molecule has 0 aliphatic carbocycles. The van der Waals surface area contributed by atoms with Crippen LogP contribution < -0.4 is 4.72 Å². The SMILES string of the molecule is Cc1ccc(S(=O)(=O)NCc2ccco2)cc1C(=O)N1CCCC1C(=O)O. The van der Waals surface area contributed by atoms with Crippen LogP contribution in [0.15, 0.2) is 45.9 Å². The highest BCUT2D eigenvalue weighted by Crippen LogP contribution is 2.23. The molecule has 2 aromatic rings. The van der Waals surface area contributed by atoms with Gasteiger partial charge in [-0.2, -0.15) is 0 Å². The lowest BCUT2D eigenvalue weighted by molar-refractivity contribution is -0.141. The maximum atomic E-state index is 12.8. The zero-order valence-corrected chi connectivity index (χ0v) is 15.5. The fourth-order valence-corrected chi connectivity index (χ4v) is 4.10. The summed E-state index contributed by atoms with van der Waals surface area (Å²) >= 11 is 0. The number of aliphatic carboxylic acids is 1. The molecule has 0 bridgehead atoms. The molecule has 1 aromatic carbocycles. The number of carbonyl (C=O) groups is 2. The summed E-state index contributed by atoms with van der Waals surface area (Å²) in [4.78, 5) is 25.4. The number of aryl methyl sites for hydroxylation is 1. The quantitative estimate of drug-likeness (QED) is 0.774. The van der Waals surface area contributed by atoms with Crippen LogP contribution in [0, 0.1) is 6.92 Å². The summed E-state index contributed by atoms with van der Waals surface area (Å²) in [6.07, 6.45) is 2.44. The zero-order valence-electron chi connectivity index (χ0n) is 14.7. The lowest BCUT2D eigenvalue weighted by Gasteiger charge is -2.22. The van der Waals surface area contributed by atoms with Crippen molar-refractivity contribution in [2.75, 3.05) is 6.54 Å². The van der Waals surface area contributed by atoms with Crippen molar-refractivity contribution in [3.8, 4) is 0 Å². The first-order valence-corrected chi connectivity index (χ1v) is 9.94. The molecule has 0 radical (unpaired) electrons. The number of amides is 1. The Kier molecular flexibility index (Phi) is 5.33. The molecule has 0 saturated carbocycles. The molecule has 1 amide bonds. The van der Waals surface area contributed by atoms with E-state index in [2.05, 4.69) is 4.72 Å². The van der Waals surface area contributed by atoms with Crippen molar-refractivity contribution in [3.63, 3.8) is 0 Å². The van der Waals surface area contributed by atoms with E-state index in [0.717, 1.165) is 0 Å². The Morgan fingerprint density at radius 3 is 2.78 bits per heavy atom. The third-order valence-corrected chi connectivity index (χ3v) is 5.96. The Labute approximate surface area is 156 Å². The third-order valence-electron chi connectivity index (χ3n) is 4.56. The molecule has 2 N–H and O–H groups in total. The second-order valence-corrected chi connectivity index (χ2v) is 8.14. The van der Waals surface area contributed by atoms with E-state index in [-0.39, 0.29) is 17.0 Å². The number of nitrogens with zero attached hydrogens (tertiary/aromatic N) is 1. The first-order chi connectivity index (χ1) is 12.8. The normalized spacial score (nSPS) is 17.2. The molecule has 144 valence electrons. The van der Waals surface area contributed by atoms with E-state index in [4.69, 9.17) is 4.42 Å². The maximum absolute atomic E-state index is 12.8. The summed E-state index contributed by atoms with van der Waals surface area (Å²) in [5, 5.41) is 9.28. The van der Waals surface area contributed by atoms with E-state index >= 15 is 0 Å². The molecule has 8 nitrogen and oxygen atoms in total. The van der Waals surface area contributed by atoms with Gasteiger partial charge in [-0.25, -0.2) is 17.9 Å². The lowest BCUT2D eigenvalue weighted by Crippen LogP contribution is -2.40. The van der Waals surface area contributed by atoms with Crippen molar-refractivity contribution < 1.29 is 27.5 Å². The number of hydrogen-bond donors (Lipinski definition) is 2. The predicted molar refractivity (Wildman–Crippen MR) is 95.6 cm³/mol. The number of likely N-dealkylation sites (tertiary alicyclic amines) is 1. The highest BCUT2D eigenvalue weighted by Gasteiger charge is 2.35. The minimum atomic E-state index is -3.86. The molecule has 1 aromatic heterocycles. The van der Waals surface area contributed by atoms with E-state index in [0.29, 0.717) is 30.7 Å². The van der Waals surface area contributed by atoms with Crippen molar-refractivity contribution in [2.45, 2.75) is 37.2 Å². The van der Waals surface area contributed by atoms with E-state index < -0.39 is 27.9 Å². The van der Waals surface area contributed by atoms with Crippen LogP contribution in [0.4, 0.5) is 0 Å². The van der Waals surface area contributed by atoms with Crippen molar-refractivity contribution in [1.82, 2.24) is 9.62 Å². The summed E-state index contributed by atoms with van der Waals surface area (Å²) in [5.74, 6) is -1.06. The number of carbonyl (C=O) groups excluding carboxylic acids is 1. The number of carboxylic acid groups (broad SMARTS) is 1. The second kappa shape index (κ2) is 7.53. The number of sulfonamides is 1. The van der Waals surface area contributed by atoms with Crippen LogP contribution in [-0.2, 0) is 21.4 Å². The summed E-state index contributed by atoms with van der Waals surface area (Å²) in [6.45, 7) is 2.01. The highest BCUT2D eigenvalue weighted by molar-refractivity contribution is 7.89.